The summed E-state index contributed by atoms with van der Waals surface area (Å²) in [6.45, 7) is 4.42. The summed E-state index contributed by atoms with van der Waals surface area (Å²) in [6, 6.07) is 4.77. The van der Waals surface area contributed by atoms with E-state index in [1.54, 1.807) is 43.5 Å². The molecule has 4 N–H and O–H groups in total. The molecule has 0 bridgehead atoms. The number of anilines is 4. The smallest absolute Gasteiger partial charge is 0.323 e. The van der Waals surface area contributed by atoms with Crippen LogP contribution in [0.5, 0.6) is 5.75 Å². The second kappa shape index (κ2) is 15.7. The number of fused-ring (bicyclic) bond motifs is 1. The van der Waals surface area contributed by atoms with E-state index < -0.39 is 6.04 Å². The first-order chi connectivity index (χ1) is 23.7. The summed E-state index contributed by atoms with van der Waals surface area (Å²) in [6.07, 6.45) is 13.1. The van der Waals surface area contributed by atoms with Crippen molar-refractivity contribution in [2.75, 3.05) is 48.9 Å². The van der Waals surface area contributed by atoms with E-state index in [-0.39, 0.29) is 42.0 Å². The van der Waals surface area contributed by atoms with E-state index in [2.05, 4.69) is 25.4 Å². The number of carbonyl (C=O) groups excluding carboxylic acids is 3. The van der Waals surface area contributed by atoms with Crippen molar-refractivity contribution in [2.45, 2.75) is 114 Å². The standard InChI is InChI=1S/C36H52N8O5/c1-4-29-34(46)42(2)30-22-38-36(41-32(30)44(29)25-9-5-6-10-25)40-28-14-13-23(21-31(28)48-3)33(45)39-24-15-18-43(19-16-24)20-17-27(37)35(47)49-26-11-7-8-12-26/h13-14,21-22,24-27,29H,4-12,15-20,37H2,1-3H3,(H,39,45)(H,38,40,41). The van der Waals surface area contributed by atoms with Crippen molar-refractivity contribution in [1.29, 1.82) is 0 Å². The number of hydrogen-bond acceptors (Lipinski definition) is 11. The number of carbonyl (C=O) groups is 3. The van der Waals surface area contributed by atoms with Crippen LogP contribution in [-0.4, -0.2) is 96.7 Å². The predicted octanol–water partition coefficient (Wildman–Crippen LogP) is 4.13. The van der Waals surface area contributed by atoms with Crippen LogP contribution in [0.2, 0.25) is 0 Å². The molecule has 2 saturated carbocycles. The first kappa shape index (κ1) is 34.9. The Balaban J connectivity index is 1.04. The van der Waals surface area contributed by atoms with Crippen LogP contribution in [0, 0.1) is 0 Å². The third-order valence-electron chi connectivity index (χ3n) is 10.7. The molecule has 0 spiro atoms. The molecule has 1 aromatic carbocycles. The van der Waals surface area contributed by atoms with Crippen molar-refractivity contribution >= 4 is 40.9 Å². The zero-order valence-electron chi connectivity index (χ0n) is 29.2. The summed E-state index contributed by atoms with van der Waals surface area (Å²) in [5, 5.41) is 6.47. The summed E-state index contributed by atoms with van der Waals surface area (Å²) in [5.74, 6) is 1.29. The second-order valence-electron chi connectivity index (χ2n) is 13.9. The molecule has 6 rings (SSSR count). The Bertz CT molecular complexity index is 1490. The number of benzene rings is 1. The molecule has 2 unspecified atom stereocenters. The number of likely N-dealkylation sites (tertiary alicyclic amines) is 1. The Morgan fingerprint density at radius 2 is 1.78 bits per heavy atom. The Morgan fingerprint density at radius 3 is 2.47 bits per heavy atom. The van der Waals surface area contributed by atoms with Crippen LogP contribution < -0.4 is 30.9 Å². The average molecular weight is 677 g/mol. The quantitative estimate of drug-likeness (QED) is 0.278. The first-order valence-electron chi connectivity index (χ1n) is 18.1. The first-order valence-corrected chi connectivity index (χ1v) is 18.1. The molecule has 4 aliphatic rings. The Kier molecular flexibility index (Phi) is 11.2. The largest absolute Gasteiger partial charge is 0.495 e. The van der Waals surface area contributed by atoms with E-state index in [0.29, 0.717) is 41.5 Å². The van der Waals surface area contributed by atoms with Gasteiger partial charge in [0.2, 0.25) is 11.9 Å². The molecule has 2 aliphatic heterocycles. The van der Waals surface area contributed by atoms with Gasteiger partial charge in [0.1, 0.15) is 29.6 Å². The average Bonchev–Trinajstić information content (AvgIpc) is 3.84. The number of piperidine rings is 1. The molecule has 2 aromatic rings. The van der Waals surface area contributed by atoms with E-state index >= 15 is 0 Å². The number of aromatic nitrogens is 2. The number of nitrogens with one attached hydrogen (secondary N) is 2. The van der Waals surface area contributed by atoms with E-state index in [9.17, 15) is 14.4 Å². The highest BCUT2D eigenvalue weighted by Gasteiger charge is 2.41. The second-order valence-corrected chi connectivity index (χ2v) is 13.9. The summed E-state index contributed by atoms with van der Waals surface area (Å²) in [5.41, 5.74) is 7.97. The number of hydrogen-bond donors (Lipinski definition) is 3. The van der Waals surface area contributed by atoms with Crippen molar-refractivity contribution in [2.24, 2.45) is 5.73 Å². The number of ether oxygens (including phenoxy) is 2. The zero-order chi connectivity index (χ0) is 34.5. The van der Waals surface area contributed by atoms with Gasteiger partial charge in [-0.2, -0.15) is 4.98 Å². The molecule has 13 nitrogen and oxygen atoms in total. The number of nitrogens with zero attached hydrogens (tertiary/aromatic N) is 5. The summed E-state index contributed by atoms with van der Waals surface area (Å²) < 4.78 is 11.2. The molecule has 2 amide bonds. The highest BCUT2D eigenvalue weighted by atomic mass is 16.5. The highest BCUT2D eigenvalue weighted by molar-refractivity contribution is 6.04. The van der Waals surface area contributed by atoms with E-state index in [1.807, 2.05) is 6.92 Å². The SMILES string of the molecule is CCC1C(=O)N(C)c2cnc(Nc3ccc(C(=O)NC4CCN(CCC(N)C(=O)OC5CCCC5)CC4)cc3OC)nc2N1C1CCCC1. The normalized spacial score (nSPS) is 21.5. The van der Waals surface area contributed by atoms with Crippen LogP contribution in [0.3, 0.4) is 0 Å². The fraction of sp³-hybridized carbons (Fsp3) is 0.639. The van der Waals surface area contributed by atoms with Crippen LogP contribution in [0.1, 0.15) is 94.3 Å². The molecule has 3 fully saturated rings. The van der Waals surface area contributed by atoms with Gasteiger partial charge in [0.05, 0.1) is 19.0 Å². The lowest BCUT2D eigenvalue weighted by Gasteiger charge is -2.43. The van der Waals surface area contributed by atoms with Gasteiger partial charge in [0, 0.05) is 44.3 Å². The monoisotopic (exact) mass is 676 g/mol. The van der Waals surface area contributed by atoms with Gasteiger partial charge < -0.3 is 40.5 Å². The summed E-state index contributed by atoms with van der Waals surface area (Å²) >= 11 is 0. The Labute approximate surface area is 289 Å². The van der Waals surface area contributed by atoms with E-state index in [0.717, 1.165) is 89.7 Å². The third-order valence-corrected chi connectivity index (χ3v) is 10.7. The topological polar surface area (TPSA) is 155 Å². The van der Waals surface area contributed by atoms with Gasteiger partial charge in [0.15, 0.2) is 5.82 Å². The number of likely N-dealkylation sites (N-methyl/N-ethyl adjacent to an activating group) is 1. The lowest BCUT2D eigenvalue weighted by Crippen LogP contribution is -2.55. The number of nitrogens with two attached hydrogens (primary N) is 1. The van der Waals surface area contributed by atoms with E-state index in [1.165, 1.54) is 0 Å². The maximum absolute atomic E-state index is 13.3. The molecule has 0 radical (unpaired) electrons. The van der Waals surface area contributed by atoms with E-state index in [4.69, 9.17) is 20.2 Å². The summed E-state index contributed by atoms with van der Waals surface area (Å²) in [7, 11) is 3.36. The van der Waals surface area contributed by atoms with Gasteiger partial charge in [0.25, 0.3) is 5.91 Å². The zero-order valence-corrected chi connectivity index (χ0v) is 29.2. The lowest BCUT2D eigenvalue weighted by molar-refractivity contribution is -0.150. The van der Waals surface area contributed by atoms with Crippen molar-refractivity contribution in [3.8, 4) is 5.75 Å². The molecule has 1 aromatic heterocycles. The van der Waals surface area contributed by atoms with Crippen LogP contribution in [0.25, 0.3) is 0 Å². The lowest BCUT2D eigenvalue weighted by atomic mass is 10.0. The molecular formula is C36H52N8O5. The molecular weight excluding hydrogens is 624 g/mol. The van der Waals surface area contributed by atoms with Gasteiger partial charge in [-0.3, -0.25) is 14.4 Å². The van der Waals surface area contributed by atoms with Gasteiger partial charge in [-0.25, -0.2) is 4.98 Å². The number of methoxy groups -OCH3 is 1. The Morgan fingerprint density at radius 1 is 1.06 bits per heavy atom. The van der Waals surface area contributed by atoms with Crippen molar-refractivity contribution in [3.05, 3.63) is 30.0 Å². The van der Waals surface area contributed by atoms with Crippen molar-refractivity contribution < 1.29 is 23.9 Å². The highest BCUT2D eigenvalue weighted by Crippen LogP contribution is 2.40. The van der Waals surface area contributed by atoms with Crippen molar-refractivity contribution in [1.82, 2.24) is 20.2 Å². The molecule has 2 atom stereocenters. The van der Waals surface area contributed by atoms with Crippen LogP contribution in [0.15, 0.2) is 24.4 Å². The molecule has 3 heterocycles. The Hall–Kier alpha value is -3.97. The molecule has 2 aliphatic carbocycles. The number of rotatable bonds is 12. The van der Waals surface area contributed by atoms with Gasteiger partial charge >= 0.3 is 5.97 Å². The van der Waals surface area contributed by atoms with Crippen molar-refractivity contribution in [3.63, 3.8) is 0 Å². The van der Waals surface area contributed by atoms with Crippen LogP contribution >= 0.6 is 0 Å². The van der Waals surface area contributed by atoms with Crippen LogP contribution in [-0.2, 0) is 14.3 Å². The van der Waals surface area contributed by atoms with Crippen LogP contribution in [0.4, 0.5) is 23.1 Å². The number of amides is 2. The van der Waals surface area contributed by atoms with Gasteiger partial charge in [-0.1, -0.05) is 19.8 Å². The minimum absolute atomic E-state index is 0.0336. The molecule has 49 heavy (non-hydrogen) atoms. The fourth-order valence-corrected chi connectivity index (χ4v) is 7.77. The minimum Gasteiger partial charge on any atom is -0.495 e. The fourth-order valence-electron chi connectivity index (χ4n) is 7.77. The number of esters is 1. The third kappa shape index (κ3) is 7.93. The molecule has 266 valence electrons. The maximum atomic E-state index is 13.3. The molecule has 1 saturated heterocycles. The van der Waals surface area contributed by atoms with Gasteiger partial charge in [-0.15, -0.1) is 0 Å². The minimum atomic E-state index is -0.600. The summed E-state index contributed by atoms with van der Waals surface area (Å²) in [4.78, 5) is 54.5. The predicted molar refractivity (Wildman–Crippen MR) is 188 cm³/mol. The van der Waals surface area contributed by atoms with Gasteiger partial charge in [-0.05, 0) is 82.4 Å². The molecule has 13 heteroatoms. The maximum Gasteiger partial charge on any atom is 0.323 e.